The van der Waals surface area contributed by atoms with Crippen LogP contribution < -0.4 is 5.32 Å². The number of aliphatic hydroxyl groups excluding tert-OH is 1. The molecule has 8 heteroatoms. The highest BCUT2D eigenvalue weighted by molar-refractivity contribution is 6.30. The molecule has 1 aromatic carbocycles. The normalized spacial score (nSPS) is 26.8. The molecule has 3 aliphatic rings. The number of alkyl halides is 1. The monoisotopic (exact) mass is 478 g/mol. The Balaban J connectivity index is 1.41. The van der Waals surface area contributed by atoms with Gasteiger partial charge in [0.2, 0.25) is 0 Å². The number of hydrogen-bond acceptors (Lipinski definition) is 4. The van der Waals surface area contributed by atoms with Crippen LogP contribution in [0, 0.1) is 0 Å². The molecule has 2 N–H and O–H groups in total. The van der Waals surface area contributed by atoms with E-state index < -0.39 is 6.23 Å². The number of benzene rings is 1. The Morgan fingerprint density at radius 2 is 2.22 bits per heavy atom. The molecule has 0 bridgehead atoms. The molecule has 2 aliphatic heterocycles. The fourth-order valence-electron chi connectivity index (χ4n) is 4.96. The largest absolute Gasteiger partial charge is 0.376 e. The van der Waals surface area contributed by atoms with Crippen LogP contribution >= 0.6 is 23.2 Å². The van der Waals surface area contributed by atoms with E-state index in [2.05, 4.69) is 16.3 Å². The Bertz CT molecular complexity index is 906. The van der Waals surface area contributed by atoms with Gasteiger partial charge in [-0.15, -0.1) is 11.6 Å². The maximum Gasteiger partial charge on any atom is 0.318 e. The summed E-state index contributed by atoms with van der Waals surface area (Å²) in [6, 6.07) is 5.40. The molecule has 0 radical (unpaired) electrons. The third-order valence-electron chi connectivity index (χ3n) is 6.62. The zero-order chi connectivity index (χ0) is 22.8. The highest BCUT2D eigenvalue weighted by atomic mass is 35.5. The fourth-order valence-corrected chi connectivity index (χ4v) is 5.31. The zero-order valence-corrected chi connectivity index (χ0v) is 20.2. The number of nitrogens with zero attached hydrogens (tertiary/aromatic N) is 3. The molecule has 2 heterocycles. The molecule has 2 amide bonds. The minimum Gasteiger partial charge on any atom is -0.376 e. The number of carbonyl (C=O) groups excluding carboxylic acids is 1. The molecule has 0 spiro atoms. The Hall–Kier alpha value is -1.57. The van der Waals surface area contributed by atoms with E-state index in [1.807, 2.05) is 49.3 Å². The van der Waals surface area contributed by atoms with Crippen LogP contribution in [0.4, 0.5) is 4.79 Å². The van der Waals surface area contributed by atoms with E-state index in [1.54, 1.807) is 4.90 Å². The van der Waals surface area contributed by atoms with Gasteiger partial charge in [-0.05, 0) is 62.2 Å². The van der Waals surface area contributed by atoms with Crippen molar-refractivity contribution in [3.05, 3.63) is 58.1 Å². The molecule has 1 saturated heterocycles. The molecule has 4 atom stereocenters. The summed E-state index contributed by atoms with van der Waals surface area (Å²) in [5, 5.41) is 15.0. The van der Waals surface area contributed by atoms with Crippen LogP contribution in [-0.2, 0) is 6.54 Å². The van der Waals surface area contributed by atoms with E-state index in [-0.39, 0.29) is 23.5 Å². The predicted molar refractivity (Wildman–Crippen MR) is 129 cm³/mol. The number of halogens is 2. The van der Waals surface area contributed by atoms with E-state index in [1.165, 1.54) is 0 Å². The Morgan fingerprint density at radius 3 is 2.97 bits per heavy atom. The van der Waals surface area contributed by atoms with Gasteiger partial charge in [-0.3, -0.25) is 9.80 Å². The van der Waals surface area contributed by atoms with Crippen molar-refractivity contribution in [1.29, 1.82) is 0 Å². The minimum atomic E-state index is -0.730. The van der Waals surface area contributed by atoms with Crippen LogP contribution in [-0.4, -0.2) is 77.2 Å². The number of carbonyl (C=O) groups is 1. The molecular formula is C24H32Cl2N4O2. The van der Waals surface area contributed by atoms with Gasteiger partial charge >= 0.3 is 6.03 Å². The van der Waals surface area contributed by atoms with E-state index in [9.17, 15) is 9.90 Å². The number of aliphatic hydroxyl groups is 1. The summed E-state index contributed by atoms with van der Waals surface area (Å²) in [6.07, 6.45) is 7.86. The van der Waals surface area contributed by atoms with Crippen molar-refractivity contribution >= 4 is 29.2 Å². The summed E-state index contributed by atoms with van der Waals surface area (Å²) in [7, 11) is 3.94. The summed E-state index contributed by atoms with van der Waals surface area (Å²) in [6.45, 7) is 2.82. The van der Waals surface area contributed by atoms with Gasteiger partial charge in [0.1, 0.15) is 6.23 Å². The van der Waals surface area contributed by atoms with Crippen LogP contribution in [0.2, 0.25) is 5.02 Å². The van der Waals surface area contributed by atoms with Crippen molar-refractivity contribution in [1.82, 2.24) is 20.0 Å². The average molecular weight is 479 g/mol. The first kappa shape index (κ1) is 23.6. The van der Waals surface area contributed by atoms with Gasteiger partial charge in [0.15, 0.2) is 0 Å². The predicted octanol–water partition coefficient (Wildman–Crippen LogP) is 3.74. The minimum absolute atomic E-state index is 0.0444. The van der Waals surface area contributed by atoms with Crippen LogP contribution in [0.1, 0.15) is 36.4 Å². The summed E-state index contributed by atoms with van der Waals surface area (Å²) in [5.41, 5.74) is 3.39. The molecule has 32 heavy (non-hydrogen) atoms. The third-order valence-corrected chi connectivity index (χ3v) is 7.18. The molecule has 174 valence electrons. The Morgan fingerprint density at radius 1 is 1.41 bits per heavy atom. The lowest BCUT2D eigenvalue weighted by Gasteiger charge is -2.37. The first-order chi connectivity index (χ1) is 15.3. The number of rotatable bonds is 5. The molecule has 1 aromatic rings. The van der Waals surface area contributed by atoms with Crippen molar-refractivity contribution in [2.24, 2.45) is 0 Å². The zero-order valence-electron chi connectivity index (χ0n) is 18.7. The third kappa shape index (κ3) is 5.32. The molecule has 1 fully saturated rings. The summed E-state index contributed by atoms with van der Waals surface area (Å²) >= 11 is 12.3. The second kappa shape index (κ2) is 10.1. The van der Waals surface area contributed by atoms with Gasteiger partial charge in [0.05, 0.1) is 17.5 Å². The standard InChI is InChI=1S/C24H32Cl2N4O2/c1-28-14-17-12-19(26)9-10-20(17)21(15-28)27-24(32)30-11-3-4-22(30)23(31)29(2)13-16-5-7-18(25)8-6-16/h5-7,9-10,12,18,21-23,31H,3-4,8,11,13-15H2,1-2H3,(H,27,32). The first-order valence-electron chi connectivity index (χ1n) is 11.3. The van der Waals surface area contributed by atoms with E-state index in [0.717, 1.165) is 49.1 Å². The van der Waals surface area contributed by atoms with Crippen LogP contribution in [0.15, 0.2) is 42.0 Å². The number of nitrogens with one attached hydrogen (secondary N) is 1. The van der Waals surface area contributed by atoms with Crippen LogP contribution in [0.25, 0.3) is 0 Å². The number of fused-ring (bicyclic) bond motifs is 1. The second-order valence-electron chi connectivity index (χ2n) is 9.16. The number of hydrogen-bond donors (Lipinski definition) is 2. The lowest BCUT2D eigenvalue weighted by Crippen LogP contribution is -2.54. The maximum atomic E-state index is 13.3. The summed E-state index contributed by atoms with van der Waals surface area (Å²) < 4.78 is 0. The molecular weight excluding hydrogens is 447 g/mol. The smallest absolute Gasteiger partial charge is 0.318 e. The van der Waals surface area contributed by atoms with Gasteiger partial charge < -0.3 is 15.3 Å². The number of amides is 2. The van der Waals surface area contributed by atoms with Crippen molar-refractivity contribution in [2.75, 3.05) is 33.7 Å². The van der Waals surface area contributed by atoms with Crippen molar-refractivity contribution in [3.63, 3.8) is 0 Å². The van der Waals surface area contributed by atoms with Crippen LogP contribution in [0.5, 0.6) is 0 Å². The van der Waals surface area contributed by atoms with Gasteiger partial charge in [0.25, 0.3) is 0 Å². The van der Waals surface area contributed by atoms with Gasteiger partial charge in [-0.25, -0.2) is 4.79 Å². The number of urea groups is 1. The lowest BCUT2D eigenvalue weighted by molar-refractivity contribution is -0.0227. The molecule has 0 saturated carbocycles. The topological polar surface area (TPSA) is 59.1 Å². The highest BCUT2D eigenvalue weighted by Gasteiger charge is 2.37. The average Bonchev–Trinajstić information content (AvgIpc) is 3.24. The highest BCUT2D eigenvalue weighted by Crippen LogP contribution is 2.29. The van der Waals surface area contributed by atoms with Gasteiger partial charge in [-0.1, -0.05) is 35.9 Å². The van der Waals surface area contributed by atoms with Crippen LogP contribution in [0.3, 0.4) is 0 Å². The molecule has 1 aliphatic carbocycles. The number of allylic oxidation sites excluding steroid dienone is 2. The SMILES string of the molecule is CN1Cc2cc(Cl)ccc2C(NC(=O)N2CCCC2C(O)N(C)CC2=CCC(Cl)C=C2)C1. The number of likely N-dealkylation sites (tertiary alicyclic amines) is 1. The van der Waals surface area contributed by atoms with Crippen molar-refractivity contribution in [2.45, 2.75) is 49.5 Å². The molecule has 0 aromatic heterocycles. The van der Waals surface area contributed by atoms with E-state index >= 15 is 0 Å². The van der Waals surface area contributed by atoms with Crippen molar-refractivity contribution < 1.29 is 9.90 Å². The van der Waals surface area contributed by atoms with Gasteiger partial charge in [0, 0.05) is 31.2 Å². The lowest BCUT2D eigenvalue weighted by atomic mass is 9.96. The van der Waals surface area contributed by atoms with E-state index in [0.29, 0.717) is 18.1 Å². The maximum absolute atomic E-state index is 13.3. The quantitative estimate of drug-likeness (QED) is 0.499. The number of likely N-dealkylation sites (N-methyl/N-ethyl adjacent to an activating group) is 2. The molecule has 4 rings (SSSR count). The second-order valence-corrected chi connectivity index (χ2v) is 10.2. The van der Waals surface area contributed by atoms with E-state index in [4.69, 9.17) is 23.2 Å². The fraction of sp³-hybridized carbons (Fsp3) is 0.542. The molecule has 6 nitrogen and oxygen atoms in total. The summed E-state index contributed by atoms with van der Waals surface area (Å²) in [4.78, 5) is 19.2. The van der Waals surface area contributed by atoms with Crippen molar-refractivity contribution in [3.8, 4) is 0 Å². The molecule has 4 unspecified atom stereocenters. The Kier molecular flexibility index (Phi) is 7.47. The Labute approximate surface area is 200 Å². The summed E-state index contributed by atoms with van der Waals surface area (Å²) in [5.74, 6) is 0. The first-order valence-corrected chi connectivity index (χ1v) is 12.1. The van der Waals surface area contributed by atoms with Gasteiger partial charge in [-0.2, -0.15) is 0 Å².